The number of rotatable bonds is 6. The van der Waals surface area contributed by atoms with Gasteiger partial charge in [-0.1, -0.05) is 0 Å². The fourth-order valence-corrected chi connectivity index (χ4v) is 2.50. The normalized spacial score (nSPS) is 25.8. The molecule has 0 spiro atoms. The van der Waals surface area contributed by atoms with Crippen LogP contribution in [0.1, 0.15) is 51.9 Å². The van der Waals surface area contributed by atoms with E-state index in [0.717, 1.165) is 19.3 Å². The molecule has 0 saturated heterocycles. The van der Waals surface area contributed by atoms with Crippen LogP contribution in [0.5, 0.6) is 0 Å². The van der Waals surface area contributed by atoms with E-state index in [2.05, 4.69) is 0 Å². The second-order valence-electron chi connectivity index (χ2n) is 5.77. The van der Waals surface area contributed by atoms with Crippen LogP contribution >= 0.6 is 0 Å². The van der Waals surface area contributed by atoms with Gasteiger partial charge in [-0.3, -0.25) is 4.79 Å². The van der Waals surface area contributed by atoms with Crippen molar-refractivity contribution in [1.82, 2.24) is 4.90 Å². The molecule has 0 radical (unpaired) electrons. The third-order valence-corrected chi connectivity index (χ3v) is 3.97. The molecule has 1 atom stereocenters. The van der Waals surface area contributed by atoms with Gasteiger partial charge in [0.05, 0.1) is 6.10 Å². The molecule has 0 bridgehead atoms. The molecule has 1 fully saturated rings. The number of aliphatic hydroxyl groups excluding tert-OH is 1. The van der Waals surface area contributed by atoms with E-state index in [1.165, 1.54) is 12.8 Å². The van der Waals surface area contributed by atoms with Crippen molar-refractivity contribution in [3.05, 3.63) is 0 Å². The summed E-state index contributed by atoms with van der Waals surface area (Å²) < 4.78 is 0. The lowest BCUT2D eigenvalue weighted by Gasteiger charge is -2.26. The third kappa shape index (κ3) is 5.83. The van der Waals surface area contributed by atoms with Gasteiger partial charge in [0.15, 0.2) is 0 Å². The van der Waals surface area contributed by atoms with Crippen LogP contribution in [0.25, 0.3) is 0 Å². The van der Waals surface area contributed by atoms with E-state index in [-0.39, 0.29) is 12.0 Å². The van der Waals surface area contributed by atoms with Crippen molar-refractivity contribution in [2.24, 2.45) is 11.7 Å². The molecule has 1 amide bonds. The second kappa shape index (κ2) is 7.74. The zero-order valence-corrected chi connectivity index (χ0v) is 11.8. The zero-order chi connectivity index (χ0) is 13.5. The molecule has 1 rings (SSSR count). The van der Waals surface area contributed by atoms with Crippen molar-refractivity contribution >= 4 is 5.91 Å². The minimum atomic E-state index is -0.333. The van der Waals surface area contributed by atoms with Crippen LogP contribution in [0, 0.1) is 5.92 Å². The van der Waals surface area contributed by atoms with E-state index in [1.54, 1.807) is 11.8 Å². The summed E-state index contributed by atoms with van der Waals surface area (Å²) in [7, 11) is 1.82. The average Bonchev–Trinajstić information content (AvgIpc) is 2.34. The molecule has 1 unspecified atom stereocenters. The highest BCUT2D eigenvalue weighted by Crippen LogP contribution is 2.27. The Hall–Kier alpha value is -0.610. The number of nitrogens with zero attached hydrogens (tertiary/aromatic N) is 1. The lowest BCUT2D eigenvalue weighted by Crippen LogP contribution is -2.30. The van der Waals surface area contributed by atoms with Gasteiger partial charge in [0, 0.05) is 26.1 Å². The molecule has 0 aliphatic heterocycles. The summed E-state index contributed by atoms with van der Waals surface area (Å²) in [5.41, 5.74) is 5.87. The lowest BCUT2D eigenvalue weighted by molar-refractivity contribution is -0.130. The maximum absolute atomic E-state index is 11.9. The first kappa shape index (κ1) is 15.4. The van der Waals surface area contributed by atoms with Gasteiger partial charge in [-0.15, -0.1) is 0 Å². The Kier molecular flexibility index (Phi) is 6.65. The predicted molar refractivity (Wildman–Crippen MR) is 73.1 cm³/mol. The first-order chi connectivity index (χ1) is 8.49. The van der Waals surface area contributed by atoms with E-state index in [4.69, 9.17) is 5.73 Å². The van der Waals surface area contributed by atoms with Crippen molar-refractivity contribution in [3.8, 4) is 0 Å². The smallest absolute Gasteiger partial charge is 0.222 e. The number of aliphatic hydroxyl groups is 1. The minimum absolute atomic E-state index is 0.200. The Morgan fingerprint density at radius 2 is 2.00 bits per heavy atom. The molecule has 1 aliphatic carbocycles. The predicted octanol–water partition coefficient (Wildman–Crippen LogP) is 1.51. The first-order valence-electron chi connectivity index (χ1n) is 7.16. The fraction of sp³-hybridized carbons (Fsp3) is 0.929. The number of nitrogens with two attached hydrogens (primary N) is 1. The summed E-state index contributed by atoms with van der Waals surface area (Å²) in [6, 6.07) is 0.380. The third-order valence-electron chi connectivity index (χ3n) is 3.97. The van der Waals surface area contributed by atoms with E-state index in [0.29, 0.717) is 31.3 Å². The molecule has 0 aromatic carbocycles. The molecule has 3 N–H and O–H groups in total. The number of hydrogen-bond donors (Lipinski definition) is 2. The van der Waals surface area contributed by atoms with Crippen LogP contribution in [0.3, 0.4) is 0 Å². The van der Waals surface area contributed by atoms with Gasteiger partial charge in [0.25, 0.3) is 0 Å². The number of hydrogen-bond acceptors (Lipinski definition) is 3. The van der Waals surface area contributed by atoms with Crippen LogP contribution < -0.4 is 5.73 Å². The van der Waals surface area contributed by atoms with Crippen LogP contribution in [0.4, 0.5) is 0 Å². The van der Waals surface area contributed by atoms with Crippen molar-refractivity contribution in [2.45, 2.75) is 64.0 Å². The molecule has 1 aliphatic rings. The summed E-state index contributed by atoms with van der Waals surface area (Å²) in [5, 5.41) is 9.19. The summed E-state index contributed by atoms with van der Waals surface area (Å²) in [4.78, 5) is 13.6. The van der Waals surface area contributed by atoms with Crippen molar-refractivity contribution in [3.63, 3.8) is 0 Å². The minimum Gasteiger partial charge on any atom is -0.393 e. The molecule has 4 heteroatoms. The first-order valence-corrected chi connectivity index (χ1v) is 7.16. The van der Waals surface area contributed by atoms with Crippen molar-refractivity contribution in [2.75, 3.05) is 13.6 Å². The highest BCUT2D eigenvalue weighted by Gasteiger charge is 2.20. The van der Waals surface area contributed by atoms with Gasteiger partial charge < -0.3 is 15.7 Å². The van der Waals surface area contributed by atoms with Gasteiger partial charge in [0.1, 0.15) is 0 Å². The van der Waals surface area contributed by atoms with Crippen molar-refractivity contribution in [1.29, 1.82) is 0 Å². The quantitative estimate of drug-likeness (QED) is 0.757. The van der Waals surface area contributed by atoms with Crippen molar-refractivity contribution < 1.29 is 9.90 Å². The average molecular weight is 256 g/mol. The lowest BCUT2D eigenvalue weighted by atomic mass is 9.84. The molecule has 4 nitrogen and oxygen atoms in total. The molecule has 1 saturated carbocycles. The number of carbonyl (C=O) groups is 1. The van der Waals surface area contributed by atoms with Crippen LogP contribution in [0.15, 0.2) is 0 Å². The Morgan fingerprint density at radius 1 is 1.39 bits per heavy atom. The van der Waals surface area contributed by atoms with Gasteiger partial charge in [0.2, 0.25) is 5.91 Å². The second-order valence-corrected chi connectivity index (χ2v) is 5.77. The maximum Gasteiger partial charge on any atom is 0.222 e. The van der Waals surface area contributed by atoms with Gasteiger partial charge in [-0.2, -0.15) is 0 Å². The summed E-state index contributed by atoms with van der Waals surface area (Å²) in [6.07, 6.45) is 6.51. The molecule has 18 heavy (non-hydrogen) atoms. The van der Waals surface area contributed by atoms with Crippen LogP contribution in [-0.2, 0) is 4.79 Å². The molecular weight excluding hydrogens is 228 g/mol. The number of carbonyl (C=O) groups excluding carboxylic acids is 1. The Balaban J connectivity index is 2.16. The highest BCUT2D eigenvalue weighted by molar-refractivity contribution is 5.75. The Bertz CT molecular complexity index is 248. The molecule has 106 valence electrons. The van der Waals surface area contributed by atoms with E-state index < -0.39 is 0 Å². The Labute approximate surface area is 111 Å². The van der Waals surface area contributed by atoms with E-state index in [1.807, 2.05) is 7.05 Å². The van der Waals surface area contributed by atoms with Crippen LogP contribution in [-0.4, -0.2) is 41.7 Å². The topological polar surface area (TPSA) is 66.6 Å². The summed E-state index contributed by atoms with van der Waals surface area (Å²) in [5.74, 6) is 0.879. The van der Waals surface area contributed by atoms with Gasteiger partial charge in [-0.05, 0) is 51.4 Å². The molecule has 0 heterocycles. The maximum atomic E-state index is 11.9. The molecular formula is C14H28N2O2. The summed E-state index contributed by atoms with van der Waals surface area (Å²) >= 11 is 0. The van der Waals surface area contributed by atoms with Gasteiger partial charge in [-0.25, -0.2) is 0 Å². The summed E-state index contributed by atoms with van der Waals surface area (Å²) in [6.45, 7) is 2.40. The van der Waals surface area contributed by atoms with Gasteiger partial charge >= 0.3 is 0 Å². The van der Waals surface area contributed by atoms with E-state index in [9.17, 15) is 9.90 Å². The monoisotopic (exact) mass is 256 g/mol. The standard InChI is InChI=1S/C14H28N2O2/c1-11(17)9-10-16(2)14(18)8-5-12-3-6-13(15)7-4-12/h11-13,17H,3-10,15H2,1-2H3. The molecule has 0 aromatic heterocycles. The van der Waals surface area contributed by atoms with Crippen LogP contribution in [0.2, 0.25) is 0 Å². The van der Waals surface area contributed by atoms with E-state index >= 15 is 0 Å². The zero-order valence-electron chi connectivity index (χ0n) is 11.8. The molecule has 0 aromatic rings. The SMILES string of the molecule is CC(O)CCN(C)C(=O)CCC1CCC(N)CC1. The fourth-order valence-electron chi connectivity index (χ4n) is 2.50. The highest BCUT2D eigenvalue weighted by atomic mass is 16.3. The largest absolute Gasteiger partial charge is 0.393 e. The Morgan fingerprint density at radius 3 is 2.56 bits per heavy atom. The number of amides is 1.